The molecule has 2 rings (SSSR count). The molecule has 0 amide bonds. The highest BCUT2D eigenvalue weighted by molar-refractivity contribution is 8.87. The average Bonchev–Trinajstić information content (AvgIpc) is 2.46. The Hall–Kier alpha value is -1.17. The summed E-state index contributed by atoms with van der Waals surface area (Å²) in [6.07, 6.45) is 0. The molecule has 0 saturated carbocycles. The minimum atomic E-state index is -0.107. The molecule has 0 radical (unpaired) electrons. The van der Waals surface area contributed by atoms with Gasteiger partial charge in [0, 0.05) is 11.1 Å². The van der Waals surface area contributed by atoms with Crippen molar-refractivity contribution in [3.05, 3.63) is 71.8 Å². The second kappa shape index (κ2) is 8.09. The van der Waals surface area contributed by atoms with Crippen LogP contribution < -0.4 is 0 Å². The van der Waals surface area contributed by atoms with E-state index in [0.717, 1.165) is 21.6 Å². The lowest BCUT2D eigenvalue weighted by molar-refractivity contribution is 0.107. The van der Waals surface area contributed by atoms with E-state index < -0.39 is 0 Å². The summed E-state index contributed by atoms with van der Waals surface area (Å²) >= 11 is 0. The van der Waals surface area contributed by atoms with Gasteiger partial charge in [-0.3, -0.25) is 9.59 Å². The molecule has 0 saturated heterocycles. The van der Waals surface area contributed by atoms with E-state index in [1.165, 1.54) is 0 Å². The second-order valence-electron chi connectivity index (χ2n) is 3.47. The molecule has 5 heteroatoms. The maximum absolute atomic E-state index is 11.8. The molecule has 0 spiro atoms. The summed E-state index contributed by atoms with van der Waals surface area (Å²) in [7, 11) is 1.92. The maximum Gasteiger partial charge on any atom is 0.230 e. The third-order valence-electron chi connectivity index (χ3n) is 2.21. The quantitative estimate of drug-likeness (QED) is 0.780. The van der Waals surface area contributed by atoms with E-state index in [0.29, 0.717) is 11.1 Å². The van der Waals surface area contributed by atoms with Gasteiger partial charge in [-0.25, -0.2) is 0 Å². The van der Waals surface area contributed by atoms with Crippen LogP contribution in [-0.4, -0.2) is 10.2 Å². The van der Waals surface area contributed by atoms with Gasteiger partial charge in [0.1, 0.15) is 0 Å². The van der Waals surface area contributed by atoms with E-state index in [1.54, 1.807) is 48.5 Å². The third-order valence-corrected chi connectivity index (χ3v) is 4.23. The molecule has 0 heterocycles. The van der Waals surface area contributed by atoms with Crippen LogP contribution >= 0.6 is 35.1 Å². The lowest BCUT2D eigenvalue weighted by Crippen LogP contribution is -1.94. The lowest BCUT2D eigenvalue weighted by atomic mass is 10.2. The summed E-state index contributed by atoms with van der Waals surface area (Å²) in [6.45, 7) is 0. The van der Waals surface area contributed by atoms with Crippen molar-refractivity contribution >= 4 is 45.3 Å². The molecule has 0 N–H and O–H groups in total. The van der Waals surface area contributed by atoms with Crippen molar-refractivity contribution in [2.45, 2.75) is 0 Å². The minimum Gasteiger partial charge on any atom is -0.281 e. The van der Waals surface area contributed by atoms with Crippen LogP contribution in [0.3, 0.4) is 0 Å². The topological polar surface area (TPSA) is 34.1 Å². The Morgan fingerprint density at radius 1 is 0.632 bits per heavy atom. The summed E-state index contributed by atoms with van der Waals surface area (Å²) < 4.78 is 0. The van der Waals surface area contributed by atoms with Crippen molar-refractivity contribution in [3.8, 4) is 0 Å². The van der Waals surface area contributed by atoms with Crippen LogP contribution in [0.1, 0.15) is 20.7 Å². The first-order valence-electron chi connectivity index (χ1n) is 5.30. The largest absolute Gasteiger partial charge is 0.281 e. The van der Waals surface area contributed by atoms with E-state index in [-0.39, 0.29) is 23.7 Å². The maximum atomic E-state index is 11.8. The lowest BCUT2D eigenvalue weighted by Gasteiger charge is -2.00. The molecule has 0 aliphatic carbocycles. The molecule has 0 atom stereocenters. The van der Waals surface area contributed by atoms with Gasteiger partial charge < -0.3 is 0 Å². The van der Waals surface area contributed by atoms with Crippen molar-refractivity contribution in [2.75, 3.05) is 0 Å². The first-order chi connectivity index (χ1) is 8.77. The average molecular weight is 308 g/mol. The first-order valence-corrected chi connectivity index (χ1v) is 7.45. The molecule has 0 unspecified atom stereocenters. The molecule has 0 aliphatic rings. The van der Waals surface area contributed by atoms with Crippen molar-refractivity contribution < 1.29 is 9.59 Å². The molecule has 0 fully saturated rings. The summed E-state index contributed by atoms with van der Waals surface area (Å²) in [5.74, 6) is 0. The number of rotatable bonds is 2. The highest BCUT2D eigenvalue weighted by Gasteiger charge is 2.12. The Labute approximate surface area is 126 Å². The SMILES string of the molecule is O=C(SSC(=O)c1ccccc1)c1ccccc1.S. The molecule has 2 aromatic carbocycles. The summed E-state index contributed by atoms with van der Waals surface area (Å²) in [5.41, 5.74) is 1.21. The van der Waals surface area contributed by atoms with Crippen molar-refractivity contribution in [2.24, 2.45) is 0 Å². The Morgan fingerprint density at radius 3 is 1.26 bits per heavy atom. The monoisotopic (exact) mass is 308 g/mol. The smallest absolute Gasteiger partial charge is 0.230 e. The van der Waals surface area contributed by atoms with Crippen LogP contribution in [0.2, 0.25) is 0 Å². The number of carbonyl (C=O) groups excluding carboxylic acids is 2. The molecule has 0 aliphatic heterocycles. The number of hydrogen-bond donors (Lipinski definition) is 0. The fraction of sp³-hybridized carbons (Fsp3) is 0. The Balaban J connectivity index is 0.00000180. The molecule has 0 aromatic heterocycles. The first kappa shape index (κ1) is 15.9. The molecular formula is C14H12O2S3. The molecule has 2 nitrogen and oxygen atoms in total. The van der Waals surface area contributed by atoms with E-state index in [9.17, 15) is 9.59 Å². The minimum absolute atomic E-state index is 0. The van der Waals surface area contributed by atoms with Crippen molar-refractivity contribution in [1.29, 1.82) is 0 Å². The molecule has 0 bridgehead atoms. The van der Waals surface area contributed by atoms with Crippen LogP contribution in [-0.2, 0) is 0 Å². The zero-order valence-corrected chi connectivity index (χ0v) is 12.5. The fourth-order valence-corrected chi connectivity index (χ4v) is 2.97. The molecule has 2 aromatic rings. The van der Waals surface area contributed by atoms with Gasteiger partial charge >= 0.3 is 0 Å². The van der Waals surface area contributed by atoms with Gasteiger partial charge in [-0.05, 0) is 21.6 Å². The second-order valence-corrected chi connectivity index (χ2v) is 5.55. The van der Waals surface area contributed by atoms with Gasteiger partial charge in [-0.2, -0.15) is 13.5 Å². The Kier molecular flexibility index (Phi) is 6.77. The molecular weight excluding hydrogens is 296 g/mol. The Bertz CT molecular complexity index is 490. The number of benzene rings is 2. The molecule has 19 heavy (non-hydrogen) atoms. The van der Waals surface area contributed by atoms with Crippen LogP contribution in [0.25, 0.3) is 0 Å². The van der Waals surface area contributed by atoms with Gasteiger partial charge in [0.05, 0.1) is 0 Å². The van der Waals surface area contributed by atoms with E-state index in [1.807, 2.05) is 12.1 Å². The summed E-state index contributed by atoms with van der Waals surface area (Å²) in [5, 5.41) is -0.213. The van der Waals surface area contributed by atoms with E-state index in [2.05, 4.69) is 0 Å². The zero-order chi connectivity index (χ0) is 12.8. The van der Waals surface area contributed by atoms with E-state index >= 15 is 0 Å². The molecule has 98 valence electrons. The van der Waals surface area contributed by atoms with Crippen molar-refractivity contribution in [1.82, 2.24) is 0 Å². The van der Waals surface area contributed by atoms with Gasteiger partial charge in [-0.1, -0.05) is 60.7 Å². The summed E-state index contributed by atoms with van der Waals surface area (Å²) in [4.78, 5) is 23.5. The predicted molar refractivity (Wildman–Crippen MR) is 87.1 cm³/mol. The van der Waals surface area contributed by atoms with Gasteiger partial charge in [0.25, 0.3) is 0 Å². The van der Waals surface area contributed by atoms with Crippen LogP contribution in [0.5, 0.6) is 0 Å². The number of carbonyl (C=O) groups is 2. The number of hydrogen-bond acceptors (Lipinski definition) is 4. The normalized spacial score (nSPS) is 9.47. The third kappa shape index (κ3) is 4.78. The zero-order valence-electron chi connectivity index (χ0n) is 9.91. The van der Waals surface area contributed by atoms with Crippen molar-refractivity contribution in [3.63, 3.8) is 0 Å². The van der Waals surface area contributed by atoms with Crippen LogP contribution in [0.15, 0.2) is 60.7 Å². The van der Waals surface area contributed by atoms with Crippen LogP contribution in [0, 0.1) is 0 Å². The van der Waals surface area contributed by atoms with Crippen LogP contribution in [0.4, 0.5) is 0 Å². The summed E-state index contributed by atoms with van der Waals surface area (Å²) in [6, 6.07) is 17.9. The van der Waals surface area contributed by atoms with E-state index in [4.69, 9.17) is 0 Å². The predicted octanol–water partition coefficient (Wildman–Crippen LogP) is 4.16. The standard InChI is InChI=1S/C14H10O2S2.H2S/c15-13(11-7-3-1-4-8-11)17-18-14(16)12-9-5-2-6-10-12;/h1-10H;1H2. The van der Waals surface area contributed by atoms with Gasteiger partial charge in [0.2, 0.25) is 10.2 Å². The van der Waals surface area contributed by atoms with Gasteiger partial charge in [-0.15, -0.1) is 0 Å². The fourth-order valence-electron chi connectivity index (χ4n) is 1.32. The highest BCUT2D eigenvalue weighted by atomic mass is 33.1. The Morgan fingerprint density at radius 2 is 0.947 bits per heavy atom. The highest BCUT2D eigenvalue weighted by Crippen LogP contribution is 2.29. The van der Waals surface area contributed by atoms with Gasteiger partial charge in [0.15, 0.2) is 0 Å².